The minimum absolute atomic E-state index is 0.332. The molecule has 3 aromatic rings. The van der Waals surface area contributed by atoms with E-state index in [-0.39, 0.29) is 0 Å². The molecule has 180 valence electrons. The molecule has 1 aromatic heterocycles. The molecule has 1 aliphatic rings. The highest BCUT2D eigenvalue weighted by Crippen LogP contribution is 2.29. The molecule has 0 atom stereocenters. The van der Waals surface area contributed by atoms with E-state index in [9.17, 15) is 8.42 Å². The van der Waals surface area contributed by atoms with Crippen molar-refractivity contribution in [1.29, 1.82) is 0 Å². The van der Waals surface area contributed by atoms with Crippen molar-refractivity contribution in [3.05, 3.63) is 59.7 Å². The van der Waals surface area contributed by atoms with Crippen LogP contribution in [0.25, 0.3) is 11.3 Å². The van der Waals surface area contributed by atoms with Gasteiger partial charge in [0.15, 0.2) is 5.82 Å². The molecular formula is C25H30N4O4S. The van der Waals surface area contributed by atoms with E-state index in [1.807, 2.05) is 50.2 Å². The van der Waals surface area contributed by atoms with E-state index in [0.717, 1.165) is 28.4 Å². The van der Waals surface area contributed by atoms with Gasteiger partial charge in [0.05, 0.1) is 24.3 Å². The number of anilines is 1. The Kier molecular flexibility index (Phi) is 7.04. The maximum atomic E-state index is 13.3. The van der Waals surface area contributed by atoms with Crippen LogP contribution in [-0.2, 0) is 10.0 Å². The van der Waals surface area contributed by atoms with E-state index in [1.165, 1.54) is 0 Å². The second-order valence-corrected chi connectivity index (χ2v) is 10.1. The van der Waals surface area contributed by atoms with E-state index in [4.69, 9.17) is 9.47 Å². The van der Waals surface area contributed by atoms with Crippen LogP contribution in [0.3, 0.4) is 0 Å². The summed E-state index contributed by atoms with van der Waals surface area (Å²) in [5.41, 5.74) is 3.22. The van der Waals surface area contributed by atoms with Crippen LogP contribution >= 0.6 is 0 Å². The number of aryl methyl sites for hydroxylation is 2. The Balaban J connectivity index is 1.43. The minimum Gasteiger partial charge on any atom is -0.496 e. The van der Waals surface area contributed by atoms with Crippen LogP contribution in [0.15, 0.2) is 53.4 Å². The van der Waals surface area contributed by atoms with E-state index in [0.29, 0.717) is 49.0 Å². The number of aromatic nitrogens is 2. The molecule has 0 bridgehead atoms. The predicted molar refractivity (Wildman–Crippen MR) is 132 cm³/mol. The van der Waals surface area contributed by atoms with Gasteiger partial charge in [-0.05, 0) is 80.4 Å². The van der Waals surface area contributed by atoms with Crippen LogP contribution in [0.1, 0.15) is 18.1 Å². The summed E-state index contributed by atoms with van der Waals surface area (Å²) in [7, 11) is -2.01. The first-order chi connectivity index (χ1) is 16.3. The van der Waals surface area contributed by atoms with Crippen molar-refractivity contribution in [2.45, 2.75) is 25.7 Å². The molecule has 0 radical (unpaired) electrons. The fourth-order valence-electron chi connectivity index (χ4n) is 4.09. The molecule has 0 N–H and O–H groups in total. The number of rotatable bonds is 7. The molecule has 0 amide bonds. The molecule has 1 aliphatic heterocycles. The topological polar surface area (TPSA) is 84.9 Å². The third kappa shape index (κ3) is 4.85. The molecule has 0 aliphatic carbocycles. The number of hydrogen-bond donors (Lipinski definition) is 0. The van der Waals surface area contributed by atoms with E-state index in [1.54, 1.807) is 30.5 Å². The molecule has 2 aromatic carbocycles. The van der Waals surface area contributed by atoms with Crippen molar-refractivity contribution in [3.63, 3.8) is 0 Å². The summed E-state index contributed by atoms with van der Waals surface area (Å²) in [5, 5.41) is 8.77. The van der Waals surface area contributed by atoms with Crippen molar-refractivity contribution in [2.24, 2.45) is 0 Å². The van der Waals surface area contributed by atoms with Gasteiger partial charge >= 0.3 is 0 Å². The Morgan fingerprint density at radius 3 is 2.21 bits per heavy atom. The smallest absolute Gasteiger partial charge is 0.243 e. The summed E-state index contributed by atoms with van der Waals surface area (Å²) < 4.78 is 38.9. The first-order valence-corrected chi connectivity index (χ1v) is 12.7. The van der Waals surface area contributed by atoms with E-state index >= 15 is 0 Å². The largest absolute Gasteiger partial charge is 0.496 e. The zero-order valence-electron chi connectivity index (χ0n) is 20.0. The summed E-state index contributed by atoms with van der Waals surface area (Å²) in [6.45, 7) is 8.09. The van der Waals surface area contributed by atoms with Crippen molar-refractivity contribution in [2.75, 3.05) is 44.8 Å². The van der Waals surface area contributed by atoms with Gasteiger partial charge in [0.2, 0.25) is 10.0 Å². The molecule has 2 heterocycles. The van der Waals surface area contributed by atoms with Gasteiger partial charge in [-0.15, -0.1) is 10.2 Å². The molecule has 0 unspecified atom stereocenters. The third-order valence-electron chi connectivity index (χ3n) is 5.98. The van der Waals surface area contributed by atoms with Gasteiger partial charge < -0.3 is 14.4 Å². The molecule has 0 spiro atoms. The van der Waals surface area contributed by atoms with Gasteiger partial charge in [-0.3, -0.25) is 0 Å². The summed E-state index contributed by atoms with van der Waals surface area (Å²) in [6, 6.07) is 15.1. The first kappa shape index (κ1) is 24.0. The molecule has 1 saturated heterocycles. The van der Waals surface area contributed by atoms with Crippen molar-refractivity contribution in [3.8, 4) is 22.8 Å². The molecular weight excluding hydrogens is 452 g/mol. The highest BCUT2D eigenvalue weighted by atomic mass is 32.2. The average molecular weight is 483 g/mol. The predicted octanol–water partition coefficient (Wildman–Crippen LogP) is 3.68. The highest BCUT2D eigenvalue weighted by molar-refractivity contribution is 7.89. The van der Waals surface area contributed by atoms with Gasteiger partial charge in [-0.2, -0.15) is 4.31 Å². The lowest BCUT2D eigenvalue weighted by Gasteiger charge is -2.34. The molecule has 34 heavy (non-hydrogen) atoms. The van der Waals surface area contributed by atoms with E-state index in [2.05, 4.69) is 15.1 Å². The van der Waals surface area contributed by atoms with Crippen LogP contribution < -0.4 is 14.4 Å². The molecule has 1 fully saturated rings. The summed E-state index contributed by atoms with van der Waals surface area (Å²) >= 11 is 0. The van der Waals surface area contributed by atoms with Crippen molar-refractivity contribution < 1.29 is 17.9 Å². The zero-order valence-corrected chi connectivity index (χ0v) is 20.8. The highest BCUT2D eigenvalue weighted by Gasteiger charge is 2.30. The van der Waals surface area contributed by atoms with Gasteiger partial charge in [-0.1, -0.05) is 0 Å². The number of piperazine rings is 1. The normalized spacial score (nSPS) is 14.8. The average Bonchev–Trinajstić information content (AvgIpc) is 2.86. The van der Waals surface area contributed by atoms with Gasteiger partial charge in [-0.25, -0.2) is 8.42 Å². The number of nitrogens with zero attached hydrogens (tertiary/aromatic N) is 4. The number of methoxy groups -OCH3 is 1. The van der Waals surface area contributed by atoms with Crippen LogP contribution in [0.2, 0.25) is 0 Å². The Morgan fingerprint density at radius 1 is 0.912 bits per heavy atom. The van der Waals surface area contributed by atoms with Crippen LogP contribution in [-0.4, -0.2) is 62.8 Å². The molecule has 0 saturated carbocycles. The van der Waals surface area contributed by atoms with Gasteiger partial charge in [0.25, 0.3) is 0 Å². The minimum atomic E-state index is -3.59. The maximum Gasteiger partial charge on any atom is 0.243 e. The van der Waals surface area contributed by atoms with Gasteiger partial charge in [0, 0.05) is 31.7 Å². The Morgan fingerprint density at radius 2 is 1.62 bits per heavy atom. The third-order valence-corrected chi connectivity index (χ3v) is 8.03. The number of ether oxygens (including phenoxy) is 2. The summed E-state index contributed by atoms with van der Waals surface area (Å²) in [4.78, 5) is 2.39. The maximum absolute atomic E-state index is 13.3. The second kappa shape index (κ2) is 9.99. The van der Waals surface area contributed by atoms with Gasteiger partial charge in [0.1, 0.15) is 11.5 Å². The monoisotopic (exact) mass is 482 g/mol. The summed E-state index contributed by atoms with van der Waals surface area (Å²) in [6.07, 6.45) is 0. The Bertz CT molecular complexity index is 1240. The first-order valence-electron chi connectivity index (χ1n) is 11.3. The van der Waals surface area contributed by atoms with Crippen LogP contribution in [0.4, 0.5) is 5.82 Å². The number of sulfonamides is 1. The fourth-order valence-corrected chi connectivity index (χ4v) is 5.81. The fraction of sp³-hybridized carbons (Fsp3) is 0.360. The van der Waals surface area contributed by atoms with Crippen molar-refractivity contribution >= 4 is 15.8 Å². The number of hydrogen-bond acceptors (Lipinski definition) is 7. The lowest BCUT2D eigenvalue weighted by atomic mass is 10.1. The summed E-state index contributed by atoms with van der Waals surface area (Å²) in [5.74, 6) is 2.25. The second-order valence-electron chi connectivity index (χ2n) is 8.21. The Labute approximate surface area is 201 Å². The number of benzene rings is 2. The molecule has 8 nitrogen and oxygen atoms in total. The lowest BCUT2D eigenvalue weighted by Crippen LogP contribution is -2.49. The molecule has 9 heteroatoms. The quantitative estimate of drug-likeness (QED) is 0.508. The van der Waals surface area contributed by atoms with Crippen LogP contribution in [0.5, 0.6) is 11.5 Å². The van der Waals surface area contributed by atoms with Crippen LogP contribution in [0, 0.1) is 13.8 Å². The molecule has 4 rings (SSSR count). The SMILES string of the molecule is CCOc1ccc(-c2ccc(N3CCN(S(=O)(=O)c4cc(C)c(OC)cc4C)CC3)nn2)cc1. The van der Waals surface area contributed by atoms with E-state index < -0.39 is 10.0 Å². The standard InChI is InChI=1S/C25H30N4O4S/c1-5-33-21-8-6-20(7-9-21)22-10-11-25(27-26-22)28-12-14-29(15-13-28)34(30,31)24-17-18(2)23(32-4)16-19(24)3/h6-11,16-17H,5,12-15H2,1-4H3. The lowest BCUT2D eigenvalue weighted by molar-refractivity contribution is 0.340. The van der Waals surface area contributed by atoms with Crippen molar-refractivity contribution in [1.82, 2.24) is 14.5 Å². The Hall–Kier alpha value is -3.17. The zero-order chi connectivity index (χ0) is 24.3.